The lowest BCUT2D eigenvalue weighted by molar-refractivity contribution is 0.410. The highest BCUT2D eigenvalue weighted by atomic mass is 16.5. The minimum Gasteiger partial charge on any atom is -0.496 e. The van der Waals surface area contributed by atoms with Crippen LogP contribution in [0.2, 0.25) is 0 Å². The van der Waals surface area contributed by atoms with Gasteiger partial charge in [0.2, 0.25) is 0 Å². The van der Waals surface area contributed by atoms with E-state index in [4.69, 9.17) is 15.3 Å². The van der Waals surface area contributed by atoms with Crippen LogP contribution in [0, 0.1) is 22.7 Å². The van der Waals surface area contributed by atoms with Gasteiger partial charge in [-0.2, -0.15) is 10.5 Å². The van der Waals surface area contributed by atoms with Crippen molar-refractivity contribution in [3.05, 3.63) is 29.3 Å². The van der Waals surface area contributed by atoms with Crippen molar-refractivity contribution in [2.45, 2.75) is 6.42 Å². The van der Waals surface area contributed by atoms with Crippen molar-refractivity contribution >= 4 is 0 Å². The molecule has 0 heterocycles. The van der Waals surface area contributed by atoms with Crippen LogP contribution in [0.5, 0.6) is 5.75 Å². The van der Waals surface area contributed by atoms with Crippen LogP contribution in [0.15, 0.2) is 18.2 Å². The largest absolute Gasteiger partial charge is 0.496 e. The van der Waals surface area contributed by atoms with Crippen LogP contribution in [-0.2, 0) is 6.42 Å². The van der Waals surface area contributed by atoms with E-state index in [1.165, 1.54) is 7.11 Å². The lowest BCUT2D eigenvalue weighted by Crippen LogP contribution is -1.94. The van der Waals surface area contributed by atoms with E-state index < -0.39 is 0 Å². The summed E-state index contributed by atoms with van der Waals surface area (Å²) in [6.07, 6.45) is 0.201. The Hall–Kier alpha value is -2.00. The summed E-state index contributed by atoms with van der Waals surface area (Å²) in [5.74, 6) is 0.598. The van der Waals surface area contributed by atoms with Gasteiger partial charge in [0, 0.05) is 5.56 Å². The van der Waals surface area contributed by atoms with Crippen LogP contribution in [0.3, 0.4) is 0 Å². The van der Waals surface area contributed by atoms with Gasteiger partial charge in [-0.05, 0) is 12.1 Å². The number of ether oxygens (including phenoxy) is 1. The fourth-order valence-electron chi connectivity index (χ4n) is 1.12. The molecule has 0 atom stereocenters. The molecule has 0 radical (unpaired) electrons. The number of rotatable bonds is 2. The summed E-state index contributed by atoms with van der Waals surface area (Å²) in [6.45, 7) is 0. The van der Waals surface area contributed by atoms with E-state index in [9.17, 15) is 0 Å². The van der Waals surface area contributed by atoms with E-state index in [0.29, 0.717) is 16.9 Å². The highest BCUT2D eigenvalue weighted by molar-refractivity contribution is 5.47. The second-order valence-corrected chi connectivity index (χ2v) is 2.43. The number of hydrogen-bond donors (Lipinski definition) is 0. The van der Waals surface area contributed by atoms with Gasteiger partial charge in [0.05, 0.1) is 31.2 Å². The normalized spacial score (nSPS) is 8.54. The number of hydrogen-bond acceptors (Lipinski definition) is 3. The smallest absolute Gasteiger partial charge is 0.124 e. The SMILES string of the molecule is COc1cccc(C#N)c1CC#N. The predicted octanol–water partition coefficient (Wildman–Crippen LogP) is 1.63. The Morgan fingerprint density at radius 2 is 2.15 bits per heavy atom. The van der Waals surface area contributed by atoms with Gasteiger partial charge in [0.15, 0.2) is 0 Å². The Morgan fingerprint density at radius 1 is 1.38 bits per heavy atom. The fraction of sp³-hybridized carbons (Fsp3) is 0.200. The van der Waals surface area contributed by atoms with Crippen molar-refractivity contribution in [3.63, 3.8) is 0 Å². The molecule has 0 saturated carbocycles. The summed E-state index contributed by atoms with van der Waals surface area (Å²) in [5, 5.41) is 17.3. The molecule has 13 heavy (non-hydrogen) atoms. The summed E-state index contributed by atoms with van der Waals surface area (Å²) in [7, 11) is 1.53. The van der Waals surface area contributed by atoms with Crippen LogP contribution < -0.4 is 4.74 Å². The van der Waals surface area contributed by atoms with Crippen LogP contribution in [0.4, 0.5) is 0 Å². The highest BCUT2D eigenvalue weighted by Crippen LogP contribution is 2.21. The molecular weight excluding hydrogens is 164 g/mol. The molecular formula is C10H8N2O. The third-order valence-corrected chi connectivity index (χ3v) is 1.73. The molecule has 0 aliphatic heterocycles. The highest BCUT2D eigenvalue weighted by Gasteiger charge is 2.07. The summed E-state index contributed by atoms with van der Waals surface area (Å²) in [4.78, 5) is 0. The van der Waals surface area contributed by atoms with Crippen LogP contribution >= 0.6 is 0 Å². The zero-order valence-electron chi connectivity index (χ0n) is 7.24. The lowest BCUT2D eigenvalue weighted by atomic mass is 10.1. The third kappa shape index (κ3) is 1.77. The number of methoxy groups -OCH3 is 1. The number of nitriles is 2. The predicted molar refractivity (Wildman–Crippen MR) is 47.0 cm³/mol. The Kier molecular flexibility index (Phi) is 2.89. The molecule has 1 aromatic rings. The first-order valence-electron chi connectivity index (χ1n) is 3.76. The summed E-state index contributed by atoms with van der Waals surface area (Å²) in [6, 6.07) is 9.18. The lowest BCUT2D eigenvalue weighted by Gasteiger charge is -2.05. The van der Waals surface area contributed by atoms with Gasteiger partial charge in [-0.1, -0.05) is 6.07 Å². The third-order valence-electron chi connectivity index (χ3n) is 1.73. The number of benzene rings is 1. The van der Waals surface area contributed by atoms with E-state index in [0.717, 1.165) is 0 Å². The van der Waals surface area contributed by atoms with Crippen LogP contribution in [0.1, 0.15) is 11.1 Å². The minimum atomic E-state index is 0.201. The van der Waals surface area contributed by atoms with Gasteiger partial charge in [-0.25, -0.2) is 0 Å². The van der Waals surface area contributed by atoms with E-state index in [1.807, 2.05) is 12.1 Å². The Balaban J connectivity index is 3.25. The summed E-state index contributed by atoms with van der Waals surface area (Å²) < 4.78 is 5.04. The maximum Gasteiger partial charge on any atom is 0.124 e. The van der Waals surface area contributed by atoms with Gasteiger partial charge >= 0.3 is 0 Å². The van der Waals surface area contributed by atoms with Crippen molar-refractivity contribution < 1.29 is 4.74 Å². The van der Waals surface area contributed by atoms with Gasteiger partial charge in [-0.15, -0.1) is 0 Å². The first-order valence-corrected chi connectivity index (χ1v) is 3.76. The second-order valence-electron chi connectivity index (χ2n) is 2.43. The standard InChI is InChI=1S/C10H8N2O/c1-13-10-4-2-3-8(7-12)9(10)5-6-11/h2-4H,5H2,1H3. The average Bonchev–Trinajstić information content (AvgIpc) is 2.18. The molecule has 0 aromatic heterocycles. The monoisotopic (exact) mass is 172 g/mol. The van der Waals surface area contributed by atoms with Crippen molar-refractivity contribution in [3.8, 4) is 17.9 Å². The molecule has 64 valence electrons. The Labute approximate surface area is 76.8 Å². The molecule has 3 heteroatoms. The zero-order valence-corrected chi connectivity index (χ0v) is 7.24. The van der Waals surface area contributed by atoms with Crippen LogP contribution in [0.25, 0.3) is 0 Å². The van der Waals surface area contributed by atoms with Crippen molar-refractivity contribution in [2.24, 2.45) is 0 Å². The van der Waals surface area contributed by atoms with Crippen molar-refractivity contribution in [2.75, 3.05) is 7.11 Å². The summed E-state index contributed by atoms with van der Waals surface area (Å²) in [5.41, 5.74) is 1.16. The maximum atomic E-state index is 8.75. The van der Waals surface area contributed by atoms with E-state index in [2.05, 4.69) is 0 Å². The molecule has 0 saturated heterocycles. The number of nitrogens with zero attached hydrogens (tertiary/aromatic N) is 2. The molecule has 0 bridgehead atoms. The first-order chi connectivity index (χ1) is 6.33. The van der Waals surface area contributed by atoms with Crippen molar-refractivity contribution in [1.82, 2.24) is 0 Å². The molecule has 0 aliphatic rings. The minimum absolute atomic E-state index is 0.201. The fourth-order valence-corrected chi connectivity index (χ4v) is 1.12. The van der Waals surface area contributed by atoms with Gasteiger partial charge < -0.3 is 4.74 Å². The molecule has 0 spiro atoms. The molecule has 0 N–H and O–H groups in total. The topological polar surface area (TPSA) is 56.8 Å². The van der Waals surface area contributed by atoms with Gasteiger partial charge in [0.25, 0.3) is 0 Å². The average molecular weight is 172 g/mol. The van der Waals surface area contributed by atoms with E-state index in [1.54, 1.807) is 18.2 Å². The molecule has 3 nitrogen and oxygen atoms in total. The Morgan fingerprint density at radius 3 is 2.69 bits per heavy atom. The van der Waals surface area contributed by atoms with Gasteiger partial charge in [0.1, 0.15) is 5.75 Å². The van der Waals surface area contributed by atoms with Crippen LogP contribution in [-0.4, -0.2) is 7.11 Å². The summed E-state index contributed by atoms with van der Waals surface area (Å²) >= 11 is 0. The quantitative estimate of drug-likeness (QED) is 0.681. The van der Waals surface area contributed by atoms with E-state index >= 15 is 0 Å². The molecule has 0 unspecified atom stereocenters. The molecule has 1 rings (SSSR count). The zero-order chi connectivity index (χ0) is 9.68. The van der Waals surface area contributed by atoms with Gasteiger partial charge in [-0.3, -0.25) is 0 Å². The molecule has 1 aromatic carbocycles. The maximum absolute atomic E-state index is 8.75. The van der Waals surface area contributed by atoms with Crippen molar-refractivity contribution in [1.29, 1.82) is 10.5 Å². The molecule has 0 aliphatic carbocycles. The molecule has 0 fully saturated rings. The Bertz CT molecular complexity index is 385. The first kappa shape index (κ1) is 9.09. The molecule has 0 amide bonds. The second kappa shape index (κ2) is 4.13. The van der Waals surface area contributed by atoms with E-state index in [-0.39, 0.29) is 6.42 Å².